The van der Waals surface area contributed by atoms with Gasteiger partial charge in [-0.1, -0.05) is 0 Å². The number of ether oxygens (including phenoxy) is 2. The summed E-state index contributed by atoms with van der Waals surface area (Å²) in [6, 6.07) is 5.68. The molecule has 0 amide bonds. The van der Waals surface area contributed by atoms with Crippen molar-refractivity contribution in [2.75, 3.05) is 18.9 Å². The van der Waals surface area contributed by atoms with Gasteiger partial charge in [-0.25, -0.2) is 0 Å². The topological polar surface area (TPSA) is 57.4 Å². The van der Waals surface area contributed by atoms with Gasteiger partial charge in [-0.3, -0.25) is 4.98 Å². The summed E-state index contributed by atoms with van der Waals surface area (Å²) in [4.78, 5) is 4.46. The second kappa shape index (κ2) is 3.80. The Balaban J connectivity index is 2.25. The first-order chi connectivity index (χ1) is 8.24. The molecule has 17 heavy (non-hydrogen) atoms. The van der Waals surface area contributed by atoms with Crippen LogP contribution < -0.4 is 15.2 Å². The molecule has 1 aliphatic heterocycles. The van der Waals surface area contributed by atoms with Gasteiger partial charge in [0.2, 0.25) is 0 Å². The van der Waals surface area contributed by atoms with Gasteiger partial charge in [-0.2, -0.15) is 0 Å². The smallest absolute Gasteiger partial charge is 0.163 e. The van der Waals surface area contributed by atoms with E-state index in [2.05, 4.69) is 4.98 Å². The molecule has 3 rings (SSSR count). The maximum Gasteiger partial charge on any atom is 0.163 e. The Kier molecular flexibility index (Phi) is 2.28. The molecule has 1 aromatic carbocycles. The van der Waals surface area contributed by atoms with Crippen molar-refractivity contribution in [3.05, 3.63) is 23.9 Å². The van der Waals surface area contributed by atoms with E-state index in [1.807, 2.05) is 25.1 Å². The summed E-state index contributed by atoms with van der Waals surface area (Å²) in [6.45, 7) is 3.29. The van der Waals surface area contributed by atoms with Gasteiger partial charge in [-0.05, 0) is 19.1 Å². The number of aromatic nitrogens is 1. The van der Waals surface area contributed by atoms with E-state index in [-0.39, 0.29) is 0 Å². The minimum atomic E-state index is 0.678. The Hall–Kier alpha value is -1.97. The molecule has 0 saturated carbocycles. The summed E-state index contributed by atoms with van der Waals surface area (Å²) >= 11 is 0. The average Bonchev–Trinajstić information content (AvgIpc) is 2.51. The number of benzene rings is 1. The van der Waals surface area contributed by atoms with Crippen molar-refractivity contribution < 1.29 is 9.47 Å². The van der Waals surface area contributed by atoms with Crippen molar-refractivity contribution in [2.45, 2.75) is 13.3 Å². The molecular weight excluding hydrogens is 216 g/mol. The second-order valence-corrected chi connectivity index (χ2v) is 4.22. The SMILES string of the molecule is Cc1cc(N)c2cc3c(cc2n1)OCCCO3. The lowest BCUT2D eigenvalue weighted by Crippen LogP contribution is -1.97. The first-order valence-electron chi connectivity index (χ1n) is 5.70. The van der Waals surface area contributed by atoms with Crippen LogP contribution in [-0.2, 0) is 0 Å². The van der Waals surface area contributed by atoms with Crippen molar-refractivity contribution >= 4 is 16.6 Å². The molecule has 0 aliphatic carbocycles. The minimum Gasteiger partial charge on any atom is -0.490 e. The molecule has 2 N–H and O–H groups in total. The van der Waals surface area contributed by atoms with Gasteiger partial charge in [0.25, 0.3) is 0 Å². The molecule has 2 heterocycles. The monoisotopic (exact) mass is 230 g/mol. The van der Waals surface area contributed by atoms with E-state index < -0.39 is 0 Å². The Bertz CT molecular complexity index is 581. The lowest BCUT2D eigenvalue weighted by molar-refractivity contribution is 0.297. The standard InChI is InChI=1S/C13H14N2O2/c1-8-5-10(14)9-6-12-13(7-11(9)15-8)17-4-2-3-16-12/h5-7H,2-4H2,1H3,(H2,14,15). The van der Waals surface area contributed by atoms with Gasteiger partial charge < -0.3 is 15.2 Å². The number of pyridine rings is 1. The molecule has 0 bridgehead atoms. The van der Waals surface area contributed by atoms with E-state index in [1.165, 1.54) is 0 Å². The zero-order valence-electron chi connectivity index (χ0n) is 9.69. The zero-order chi connectivity index (χ0) is 11.8. The summed E-state index contributed by atoms with van der Waals surface area (Å²) < 4.78 is 11.3. The van der Waals surface area contributed by atoms with Crippen molar-refractivity contribution in [1.82, 2.24) is 4.98 Å². The lowest BCUT2D eigenvalue weighted by atomic mass is 10.1. The number of aryl methyl sites for hydroxylation is 1. The quantitative estimate of drug-likeness (QED) is 0.754. The predicted molar refractivity (Wildman–Crippen MR) is 66.5 cm³/mol. The van der Waals surface area contributed by atoms with Gasteiger partial charge in [0.05, 0.1) is 18.7 Å². The number of nitrogen functional groups attached to an aromatic ring is 1. The summed E-state index contributed by atoms with van der Waals surface area (Å²) in [5.74, 6) is 1.51. The van der Waals surface area contributed by atoms with E-state index in [0.29, 0.717) is 13.2 Å². The maximum absolute atomic E-state index is 5.99. The third kappa shape index (κ3) is 1.75. The molecule has 2 aromatic rings. The lowest BCUT2D eigenvalue weighted by Gasteiger charge is -2.10. The van der Waals surface area contributed by atoms with Crippen molar-refractivity contribution in [2.24, 2.45) is 0 Å². The molecular formula is C13H14N2O2. The van der Waals surface area contributed by atoms with Crippen LogP contribution in [0.1, 0.15) is 12.1 Å². The normalized spacial score (nSPS) is 14.6. The summed E-state index contributed by atoms with van der Waals surface area (Å²) in [6.07, 6.45) is 0.896. The van der Waals surface area contributed by atoms with Gasteiger partial charge in [0.15, 0.2) is 11.5 Å². The number of fused-ring (bicyclic) bond motifs is 2. The van der Waals surface area contributed by atoms with Crippen LogP contribution in [0.2, 0.25) is 0 Å². The largest absolute Gasteiger partial charge is 0.490 e. The van der Waals surface area contributed by atoms with Gasteiger partial charge in [0.1, 0.15) is 0 Å². The minimum absolute atomic E-state index is 0.678. The fraction of sp³-hybridized carbons (Fsp3) is 0.308. The van der Waals surface area contributed by atoms with E-state index >= 15 is 0 Å². The van der Waals surface area contributed by atoms with Crippen LogP contribution in [0.25, 0.3) is 10.9 Å². The molecule has 0 fully saturated rings. The number of nitrogens with two attached hydrogens (primary N) is 1. The molecule has 0 saturated heterocycles. The van der Waals surface area contributed by atoms with Crippen LogP contribution >= 0.6 is 0 Å². The molecule has 0 unspecified atom stereocenters. The number of hydrogen-bond acceptors (Lipinski definition) is 4. The third-order valence-corrected chi connectivity index (χ3v) is 2.84. The molecule has 4 nitrogen and oxygen atoms in total. The van der Waals surface area contributed by atoms with E-state index in [9.17, 15) is 0 Å². The highest BCUT2D eigenvalue weighted by Gasteiger charge is 2.13. The van der Waals surface area contributed by atoms with E-state index in [1.54, 1.807) is 0 Å². The molecule has 0 radical (unpaired) electrons. The summed E-state index contributed by atoms with van der Waals surface area (Å²) in [5, 5.41) is 0.917. The van der Waals surface area contributed by atoms with Crippen LogP contribution in [-0.4, -0.2) is 18.2 Å². The van der Waals surface area contributed by atoms with Crippen LogP contribution in [0.15, 0.2) is 18.2 Å². The molecule has 4 heteroatoms. The number of hydrogen-bond donors (Lipinski definition) is 1. The van der Waals surface area contributed by atoms with Crippen molar-refractivity contribution in [3.63, 3.8) is 0 Å². The van der Waals surface area contributed by atoms with Crippen LogP contribution in [0, 0.1) is 6.92 Å². The Labute approximate surface area is 99.4 Å². The Morgan fingerprint density at radius 2 is 1.82 bits per heavy atom. The number of rotatable bonds is 0. The summed E-state index contributed by atoms with van der Waals surface area (Å²) in [5.41, 5.74) is 8.48. The molecule has 88 valence electrons. The molecule has 1 aromatic heterocycles. The van der Waals surface area contributed by atoms with Gasteiger partial charge in [-0.15, -0.1) is 0 Å². The fourth-order valence-electron chi connectivity index (χ4n) is 2.05. The summed E-state index contributed by atoms with van der Waals surface area (Å²) in [7, 11) is 0. The number of nitrogens with zero attached hydrogens (tertiary/aromatic N) is 1. The zero-order valence-corrected chi connectivity index (χ0v) is 9.69. The predicted octanol–water partition coefficient (Wildman–Crippen LogP) is 2.29. The van der Waals surface area contributed by atoms with Gasteiger partial charge in [0, 0.05) is 29.3 Å². The van der Waals surface area contributed by atoms with Crippen LogP contribution in [0.4, 0.5) is 5.69 Å². The van der Waals surface area contributed by atoms with Crippen molar-refractivity contribution in [3.8, 4) is 11.5 Å². The van der Waals surface area contributed by atoms with Crippen LogP contribution in [0.5, 0.6) is 11.5 Å². The first kappa shape index (κ1) is 10.2. The van der Waals surface area contributed by atoms with E-state index in [0.717, 1.165) is 40.2 Å². The average molecular weight is 230 g/mol. The molecule has 1 aliphatic rings. The molecule has 0 atom stereocenters. The molecule has 0 spiro atoms. The maximum atomic E-state index is 5.99. The van der Waals surface area contributed by atoms with E-state index in [4.69, 9.17) is 15.2 Å². The van der Waals surface area contributed by atoms with Crippen molar-refractivity contribution in [1.29, 1.82) is 0 Å². The Morgan fingerprint density at radius 1 is 1.12 bits per heavy atom. The highest BCUT2D eigenvalue weighted by Crippen LogP contribution is 2.35. The highest BCUT2D eigenvalue weighted by atomic mass is 16.5. The fourth-order valence-corrected chi connectivity index (χ4v) is 2.05. The highest BCUT2D eigenvalue weighted by molar-refractivity contribution is 5.92. The second-order valence-electron chi connectivity index (χ2n) is 4.22. The third-order valence-electron chi connectivity index (χ3n) is 2.84. The Morgan fingerprint density at radius 3 is 2.59 bits per heavy atom. The van der Waals surface area contributed by atoms with Crippen LogP contribution in [0.3, 0.4) is 0 Å². The first-order valence-corrected chi connectivity index (χ1v) is 5.70. The number of anilines is 1. The van der Waals surface area contributed by atoms with Gasteiger partial charge >= 0.3 is 0 Å².